The molecule has 3 rings (SSSR count). The second-order valence-corrected chi connectivity index (χ2v) is 8.59. The minimum Gasteiger partial charge on any atom is -0.493 e. The first kappa shape index (κ1) is 22.8. The number of amides is 1. The van der Waals surface area contributed by atoms with Crippen LogP contribution in [0, 0.1) is 11.8 Å². The molecule has 7 heteroatoms. The summed E-state index contributed by atoms with van der Waals surface area (Å²) in [5.41, 5.74) is 1.23. The highest BCUT2D eigenvalue weighted by atomic mass is 35.5. The number of nitrogens with one attached hydrogen (secondary N) is 1. The monoisotopic (exact) mass is 443 g/mol. The van der Waals surface area contributed by atoms with Gasteiger partial charge in [-0.25, -0.2) is 0 Å². The van der Waals surface area contributed by atoms with Gasteiger partial charge in [0, 0.05) is 22.9 Å². The highest BCUT2D eigenvalue weighted by Gasteiger charge is 2.35. The zero-order valence-electron chi connectivity index (χ0n) is 18.1. The molecule has 0 atom stereocenters. The number of alkyl halides is 1. The normalized spacial score (nSPS) is 12.6. The molecule has 0 unspecified atom stereocenters. The lowest BCUT2D eigenvalue weighted by molar-refractivity contribution is -0.113. The number of benzene rings is 2. The quantitative estimate of drug-likeness (QED) is 0.510. The highest BCUT2D eigenvalue weighted by molar-refractivity contribution is 6.31. The minimum atomic E-state index is -0.421. The second kappa shape index (κ2) is 9.52. The van der Waals surface area contributed by atoms with Crippen molar-refractivity contribution in [2.24, 2.45) is 11.8 Å². The van der Waals surface area contributed by atoms with E-state index >= 15 is 0 Å². The molecule has 1 aliphatic carbocycles. The maximum absolute atomic E-state index is 13.6. The summed E-state index contributed by atoms with van der Waals surface area (Å²) in [6.07, 6.45) is 0. The van der Waals surface area contributed by atoms with E-state index in [0.717, 1.165) is 0 Å². The lowest BCUT2D eigenvalue weighted by Crippen LogP contribution is -2.24. The van der Waals surface area contributed by atoms with E-state index < -0.39 is 5.91 Å². The number of carbonyl (C=O) groups is 3. The van der Waals surface area contributed by atoms with Crippen LogP contribution >= 0.6 is 11.6 Å². The summed E-state index contributed by atoms with van der Waals surface area (Å²) in [6, 6.07) is 8.05. The standard InChI is InChI=1S/C24H26ClNO5/c1-13(2)11-30-18-7-5-6-16-21(18)24(29)22-17(23(16)28)8-15(26-20(27)10-25)9-19(22)31-12-14(3)4/h5-9,13-14H,10-12H2,1-4H3,(H,26,27). The van der Waals surface area contributed by atoms with Crippen molar-refractivity contribution in [1.29, 1.82) is 0 Å². The number of ketones is 2. The summed E-state index contributed by atoms with van der Waals surface area (Å²) in [5.74, 6) is -0.224. The fraction of sp³-hybridized carbons (Fsp3) is 0.375. The Balaban J connectivity index is 2.13. The summed E-state index contributed by atoms with van der Waals surface area (Å²) in [6.45, 7) is 8.74. The molecule has 1 aliphatic rings. The molecule has 0 saturated carbocycles. The van der Waals surface area contributed by atoms with Crippen LogP contribution in [0.25, 0.3) is 0 Å². The SMILES string of the molecule is CC(C)COc1cccc2c1C(=O)c1c(OCC(C)C)cc(NC(=O)CCl)cc1C2=O. The molecule has 0 aromatic heterocycles. The average molecular weight is 444 g/mol. The van der Waals surface area contributed by atoms with Crippen LogP contribution in [0.3, 0.4) is 0 Å². The Hall–Kier alpha value is -2.86. The maximum atomic E-state index is 13.6. The molecule has 0 radical (unpaired) electrons. The third-order valence-corrected chi connectivity index (χ3v) is 4.86. The van der Waals surface area contributed by atoms with Gasteiger partial charge in [-0.1, -0.05) is 39.8 Å². The van der Waals surface area contributed by atoms with Crippen molar-refractivity contribution >= 4 is 34.8 Å². The van der Waals surface area contributed by atoms with E-state index in [-0.39, 0.29) is 57.3 Å². The Labute approximate surface area is 186 Å². The summed E-state index contributed by atoms with van der Waals surface area (Å²) >= 11 is 5.60. The number of ether oxygens (including phenoxy) is 2. The van der Waals surface area contributed by atoms with Crippen molar-refractivity contribution < 1.29 is 23.9 Å². The second-order valence-electron chi connectivity index (χ2n) is 8.33. The zero-order valence-corrected chi connectivity index (χ0v) is 18.8. The van der Waals surface area contributed by atoms with Gasteiger partial charge in [-0.05, 0) is 24.0 Å². The van der Waals surface area contributed by atoms with E-state index in [4.69, 9.17) is 21.1 Å². The number of hydrogen-bond acceptors (Lipinski definition) is 5. The van der Waals surface area contributed by atoms with Crippen molar-refractivity contribution in [2.75, 3.05) is 24.4 Å². The number of carbonyl (C=O) groups excluding carboxylic acids is 3. The maximum Gasteiger partial charge on any atom is 0.239 e. The van der Waals surface area contributed by atoms with Crippen LogP contribution in [-0.4, -0.2) is 36.6 Å². The van der Waals surface area contributed by atoms with Gasteiger partial charge in [0.2, 0.25) is 11.7 Å². The van der Waals surface area contributed by atoms with Crippen LogP contribution in [0.2, 0.25) is 0 Å². The van der Waals surface area contributed by atoms with Crippen molar-refractivity contribution in [1.82, 2.24) is 0 Å². The molecule has 0 spiro atoms. The summed E-state index contributed by atoms with van der Waals surface area (Å²) in [4.78, 5) is 38.7. The number of anilines is 1. The predicted octanol–water partition coefficient (Wildman–Crippen LogP) is 4.71. The molecule has 1 amide bonds. The molecule has 0 saturated heterocycles. The van der Waals surface area contributed by atoms with E-state index in [2.05, 4.69) is 5.32 Å². The molecule has 0 aliphatic heterocycles. The topological polar surface area (TPSA) is 81.7 Å². The number of rotatable bonds is 8. The van der Waals surface area contributed by atoms with Crippen LogP contribution in [-0.2, 0) is 4.79 Å². The first-order valence-electron chi connectivity index (χ1n) is 10.2. The van der Waals surface area contributed by atoms with Gasteiger partial charge in [0.25, 0.3) is 0 Å². The predicted molar refractivity (Wildman–Crippen MR) is 120 cm³/mol. The fourth-order valence-corrected chi connectivity index (χ4v) is 3.33. The van der Waals surface area contributed by atoms with Crippen molar-refractivity contribution in [2.45, 2.75) is 27.7 Å². The van der Waals surface area contributed by atoms with Crippen LogP contribution < -0.4 is 14.8 Å². The van der Waals surface area contributed by atoms with E-state index in [1.807, 2.05) is 27.7 Å². The zero-order chi connectivity index (χ0) is 22.7. The first-order chi connectivity index (χ1) is 14.7. The van der Waals surface area contributed by atoms with Gasteiger partial charge in [-0.15, -0.1) is 11.6 Å². The summed E-state index contributed by atoms with van der Waals surface area (Å²) in [5, 5.41) is 2.63. The Morgan fingerprint density at radius 3 is 2.13 bits per heavy atom. The number of fused-ring (bicyclic) bond motifs is 2. The molecule has 6 nitrogen and oxygen atoms in total. The van der Waals surface area contributed by atoms with Crippen LogP contribution in [0.5, 0.6) is 11.5 Å². The third-order valence-electron chi connectivity index (χ3n) is 4.62. The molecule has 0 bridgehead atoms. The van der Waals surface area contributed by atoms with Gasteiger partial charge in [0.05, 0.1) is 24.3 Å². The number of hydrogen-bond donors (Lipinski definition) is 1. The van der Waals surface area contributed by atoms with Crippen molar-refractivity contribution in [3.05, 3.63) is 52.6 Å². The largest absolute Gasteiger partial charge is 0.493 e. The van der Waals surface area contributed by atoms with Crippen LogP contribution in [0.15, 0.2) is 30.3 Å². The Morgan fingerprint density at radius 2 is 1.52 bits per heavy atom. The smallest absolute Gasteiger partial charge is 0.239 e. The molecule has 2 aromatic carbocycles. The molecule has 1 N–H and O–H groups in total. The molecular formula is C24H26ClNO5. The van der Waals surface area contributed by atoms with E-state index in [1.54, 1.807) is 24.3 Å². The first-order valence-corrected chi connectivity index (χ1v) is 10.8. The lowest BCUT2D eigenvalue weighted by atomic mass is 9.82. The van der Waals surface area contributed by atoms with Gasteiger partial charge < -0.3 is 14.8 Å². The Morgan fingerprint density at radius 1 is 0.903 bits per heavy atom. The van der Waals surface area contributed by atoms with Gasteiger partial charge in [-0.2, -0.15) is 0 Å². The summed E-state index contributed by atoms with van der Waals surface area (Å²) < 4.78 is 11.7. The van der Waals surface area contributed by atoms with Gasteiger partial charge >= 0.3 is 0 Å². The highest BCUT2D eigenvalue weighted by Crippen LogP contribution is 2.39. The van der Waals surface area contributed by atoms with Gasteiger partial charge in [0.15, 0.2) is 5.78 Å². The minimum absolute atomic E-state index is 0.183. The number of halogens is 1. The van der Waals surface area contributed by atoms with E-state index in [9.17, 15) is 14.4 Å². The third kappa shape index (κ3) is 4.90. The Kier molecular flexibility index (Phi) is 7.01. The van der Waals surface area contributed by atoms with Gasteiger partial charge in [-0.3, -0.25) is 14.4 Å². The van der Waals surface area contributed by atoms with Crippen LogP contribution in [0.1, 0.15) is 59.5 Å². The molecule has 2 aromatic rings. The van der Waals surface area contributed by atoms with Crippen molar-refractivity contribution in [3.63, 3.8) is 0 Å². The molecule has 0 fully saturated rings. The van der Waals surface area contributed by atoms with Gasteiger partial charge in [0.1, 0.15) is 17.4 Å². The van der Waals surface area contributed by atoms with E-state index in [1.165, 1.54) is 6.07 Å². The van der Waals surface area contributed by atoms with Crippen LogP contribution in [0.4, 0.5) is 5.69 Å². The molecule has 31 heavy (non-hydrogen) atoms. The lowest BCUT2D eigenvalue weighted by Gasteiger charge is -2.24. The molecular weight excluding hydrogens is 418 g/mol. The summed E-state index contributed by atoms with van der Waals surface area (Å²) in [7, 11) is 0. The fourth-order valence-electron chi connectivity index (χ4n) is 3.27. The van der Waals surface area contributed by atoms with E-state index in [0.29, 0.717) is 24.7 Å². The Bertz CT molecular complexity index is 1030. The van der Waals surface area contributed by atoms with Crippen molar-refractivity contribution in [3.8, 4) is 11.5 Å². The molecule has 0 heterocycles. The molecule has 164 valence electrons. The average Bonchev–Trinajstić information content (AvgIpc) is 2.73.